The Bertz CT molecular complexity index is 224. The van der Waals surface area contributed by atoms with Crippen LogP contribution in [0.25, 0.3) is 0 Å². The van der Waals surface area contributed by atoms with Gasteiger partial charge in [-0.25, -0.2) is 0 Å². The van der Waals surface area contributed by atoms with Gasteiger partial charge in [0.1, 0.15) is 0 Å². The van der Waals surface area contributed by atoms with Crippen LogP contribution in [0.3, 0.4) is 0 Å². The number of nitrogens with one attached hydrogen (secondary N) is 1. The fourth-order valence-corrected chi connectivity index (χ4v) is 0.714. The van der Waals surface area contributed by atoms with Crippen molar-refractivity contribution < 1.29 is 10.1 Å². The molecule has 1 aliphatic rings. The summed E-state index contributed by atoms with van der Waals surface area (Å²) in [5, 5.41) is 13.8. The van der Waals surface area contributed by atoms with E-state index in [1.807, 2.05) is 0 Å². The van der Waals surface area contributed by atoms with Crippen LogP contribution in [0.1, 0.15) is 0 Å². The lowest BCUT2D eigenvalue weighted by Gasteiger charge is -2.14. The molecule has 0 saturated heterocycles. The van der Waals surface area contributed by atoms with E-state index in [-0.39, 0.29) is 10.9 Å². The van der Waals surface area contributed by atoms with Crippen LogP contribution in [-0.4, -0.2) is 21.9 Å². The maximum atomic E-state index is 8.21. The van der Waals surface area contributed by atoms with Crippen molar-refractivity contribution in [2.24, 2.45) is 21.8 Å². The zero-order valence-electron chi connectivity index (χ0n) is 5.28. The predicted molar refractivity (Wildman–Crippen MR) is 37.8 cm³/mol. The molecule has 1 rings (SSSR count). The molecule has 0 spiro atoms. The van der Waals surface area contributed by atoms with Crippen LogP contribution >= 0.6 is 11.6 Å². The summed E-state index contributed by atoms with van der Waals surface area (Å²) in [4.78, 5) is 4.31. The van der Waals surface area contributed by atoms with Gasteiger partial charge in [0.15, 0.2) is 10.9 Å². The largest absolute Gasteiger partial charge is 0.410 e. The summed E-state index contributed by atoms with van der Waals surface area (Å²) in [5.41, 5.74) is 12.7. The van der Waals surface area contributed by atoms with Crippen molar-refractivity contribution in [1.29, 1.82) is 0 Å². The quantitative estimate of drug-likeness (QED) is 0.169. The number of hydroxylamine groups is 1. The molecule has 11 heavy (non-hydrogen) atoms. The molecule has 0 aromatic heterocycles. The minimum absolute atomic E-state index is 0.0679. The van der Waals surface area contributed by atoms with E-state index in [4.69, 9.17) is 28.3 Å². The monoisotopic (exact) mass is 179 g/mol. The normalized spacial score (nSPS) is 22.8. The van der Waals surface area contributed by atoms with Crippen molar-refractivity contribution in [3.8, 4) is 0 Å². The van der Waals surface area contributed by atoms with Crippen LogP contribution in [0.5, 0.6) is 0 Å². The third-order valence-corrected chi connectivity index (χ3v) is 1.28. The Kier molecular flexibility index (Phi) is 1.96. The molecule has 6 N–H and O–H groups in total. The highest BCUT2D eigenvalue weighted by Gasteiger charge is 2.36. The fourth-order valence-electron chi connectivity index (χ4n) is 0.524. The van der Waals surface area contributed by atoms with Gasteiger partial charge in [-0.2, -0.15) is 0 Å². The van der Waals surface area contributed by atoms with E-state index in [0.717, 1.165) is 0 Å². The standard InChI is InChI=1S/C3H6ClN5O2/c4-2(7-10)1-3(5,6)9-11-8-1/h9-10H,5-6H2. The number of nitrogens with two attached hydrogens (primary N) is 2. The first-order valence-electron chi connectivity index (χ1n) is 2.55. The number of rotatable bonds is 1. The van der Waals surface area contributed by atoms with Gasteiger partial charge in [-0.05, 0) is 0 Å². The molecule has 0 saturated carbocycles. The first kappa shape index (κ1) is 8.21. The summed E-state index contributed by atoms with van der Waals surface area (Å²) in [6, 6.07) is 0. The lowest BCUT2D eigenvalue weighted by Crippen LogP contribution is -2.64. The first-order valence-corrected chi connectivity index (χ1v) is 2.93. The van der Waals surface area contributed by atoms with E-state index in [1.54, 1.807) is 0 Å². The molecule has 7 nitrogen and oxygen atoms in total. The van der Waals surface area contributed by atoms with E-state index in [9.17, 15) is 0 Å². The Labute approximate surface area is 66.6 Å². The minimum atomic E-state index is -1.51. The maximum absolute atomic E-state index is 8.21. The van der Waals surface area contributed by atoms with Gasteiger partial charge in [0.2, 0.25) is 5.79 Å². The molecule has 0 bridgehead atoms. The topological polar surface area (TPSA) is 118 Å². The minimum Gasteiger partial charge on any atom is -0.410 e. The lowest BCUT2D eigenvalue weighted by molar-refractivity contribution is 0.0351. The van der Waals surface area contributed by atoms with Gasteiger partial charge in [0.05, 0.1) is 0 Å². The first-order chi connectivity index (χ1) is 5.08. The SMILES string of the molecule is NC1(N)NON=C1C(Cl)=NO. The van der Waals surface area contributed by atoms with Gasteiger partial charge in [-0.3, -0.25) is 16.4 Å². The van der Waals surface area contributed by atoms with Gasteiger partial charge >= 0.3 is 0 Å². The van der Waals surface area contributed by atoms with Gasteiger partial charge in [0, 0.05) is 0 Å². The molecular weight excluding hydrogens is 174 g/mol. The molecule has 0 radical (unpaired) electrons. The number of nitrogens with zero attached hydrogens (tertiary/aromatic N) is 2. The molecule has 0 aromatic carbocycles. The Balaban J connectivity index is 2.88. The highest BCUT2D eigenvalue weighted by Crippen LogP contribution is 2.05. The average Bonchev–Trinajstić information content (AvgIpc) is 2.28. The van der Waals surface area contributed by atoms with E-state index in [1.165, 1.54) is 0 Å². The van der Waals surface area contributed by atoms with Crippen LogP contribution in [0.4, 0.5) is 0 Å². The van der Waals surface area contributed by atoms with Crippen molar-refractivity contribution >= 4 is 22.5 Å². The fraction of sp³-hybridized carbons (Fsp3) is 0.333. The Hall–Kier alpha value is -0.890. The Morgan fingerprint density at radius 1 is 1.82 bits per heavy atom. The molecule has 0 aliphatic carbocycles. The molecular formula is C3H6ClN5O2. The van der Waals surface area contributed by atoms with Crippen LogP contribution in [0.2, 0.25) is 0 Å². The second-order valence-electron chi connectivity index (χ2n) is 1.89. The van der Waals surface area contributed by atoms with Crippen LogP contribution in [0, 0.1) is 0 Å². The Morgan fingerprint density at radius 3 is 2.82 bits per heavy atom. The van der Waals surface area contributed by atoms with Crippen LogP contribution in [0.15, 0.2) is 10.3 Å². The molecule has 62 valence electrons. The molecule has 0 fully saturated rings. The second-order valence-corrected chi connectivity index (χ2v) is 2.25. The lowest BCUT2D eigenvalue weighted by atomic mass is 10.2. The number of hydrogen-bond acceptors (Lipinski definition) is 7. The number of oxime groups is 2. The van der Waals surface area contributed by atoms with Gasteiger partial charge in [-0.15, -0.1) is 0 Å². The third-order valence-electron chi connectivity index (χ3n) is 1.03. The number of halogens is 1. The molecule has 0 atom stereocenters. The van der Waals surface area contributed by atoms with Crippen molar-refractivity contribution in [1.82, 2.24) is 5.48 Å². The molecule has 0 amide bonds. The smallest absolute Gasteiger partial charge is 0.203 e. The summed E-state index contributed by atoms with van der Waals surface area (Å²) >= 11 is 5.35. The van der Waals surface area contributed by atoms with E-state index < -0.39 is 5.79 Å². The summed E-state index contributed by atoms with van der Waals surface area (Å²) in [7, 11) is 0. The highest BCUT2D eigenvalue weighted by molar-refractivity contribution is 6.84. The molecule has 8 heteroatoms. The van der Waals surface area contributed by atoms with E-state index in [0.29, 0.717) is 0 Å². The average molecular weight is 180 g/mol. The van der Waals surface area contributed by atoms with E-state index in [2.05, 4.69) is 20.7 Å². The van der Waals surface area contributed by atoms with Crippen molar-refractivity contribution in [3.63, 3.8) is 0 Å². The summed E-state index contributed by atoms with van der Waals surface area (Å²) in [6.07, 6.45) is 0. The zero-order chi connectivity index (χ0) is 8.48. The molecule has 0 unspecified atom stereocenters. The van der Waals surface area contributed by atoms with Crippen LogP contribution < -0.4 is 16.9 Å². The predicted octanol–water partition coefficient (Wildman–Crippen LogP) is -1.53. The molecule has 1 aliphatic heterocycles. The highest BCUT2D eigenvalue weighted by atomic mass is 35.5. The van der Waals surface area contributed by atoms with Crippen LogP contribution in [-0.2, 0) is 4.94 Å². The summed E-state index contributed by atoms with van der Waals surface area (Å²) in [5.74, 6) is -1.51. The Morgan fingerprint density at radius 2 is 2.45 bits per heavy atom. The number of hydrogen-bond donors (Lipinski definition) is 4. The maximum Gasteiger partial charge on any atom is 0.203 e. The second kappa shape index (κ2) is 2.62. The third kappa shape index (κ3) is 1.40. The van der Waals surface area contributed by atoms with E-state index >= 15 is 0 Å². The molecule has 0 aromatic rings. The zero-order valence-corrected chi connectivity index (χ0v) is 6.04. The van der Waals surface area contributed by atoms with Crippen molar-refractivity contribution in [2.45, 2.75) is 5.79 Å². The van der Waals surface area contributed by atoms with Gasteiger partial charge < -0.3 is 5.21 Å². The van der Waals surface area contributed by atoms with Crippen molar-refractivity contribution in [3.05, 3.63) is 0 Å². The summed E-state index contributed by atoms with van der Waals surface area (Å²) in [6.45, 7) is 0. The van der Waals surface area contributed by atoms with Gasteiger partial charge in [0.25, 0.3) is 0 Å². The molecule has 1 heterocycles. The summed E-state index contributed by atoms with van der Waals surface area (Å²) < 4.78 is 0. The van der Waals surface area contributed by atoms with Gasteiger partial charge in [-0.1, -0.05) is 27.4 Å². The van der Waals surface area contributed by atoms with Crippen molar-refractivity contribution in [2.75, 3.05) is 0 Å².